The first kappa shape index (κ1) is 13.5. The number of hydrogen-bond acceptors (Lipinski definition) is 1. The van der Waals surface area contributed by atoms with Gasteiger partial charge in [-0.3, -0.25) is 0 Å². The Hall–Kier alpha value is -0.890. The van der Waals surface area contributed by atoms with Crippen LogP contribution in [0.25, 0.3) is 0 Å². The van der Waals surface area contributed by atoms with Crippen molar-refractivity contribution in [3.8, 4) is 0 Å². The summed E-state index contributed by atoms with van der Waals surface area (Å²) in [5.41, 5.74) is 1.77. The molecule has 2 heteroatoms. The van der Waals surface area contributed by atoms with Gasteiger partial charge in [0.05, 0.1) is 6.10 Å². The van der Waals surface area contributed by atoms with Gasteiger partial charge >= 0.3 is 0 Å². The summed E-state index contributed by atoms with van der Waals surface area (Å²) in [6.45, 7) is 4.08. The zero-order valence-corrected chi connectivity index (χ0v) is 11.3. The second-order valence-electron chi connectivity index (χ2n) is 5.56. The van der Waals surface area contributed by atoms with Crippen LogP contribution in [0, 0.1) is 24.6 Å². The average molecular weight is 250 g/mol. The Balaban J connectivity index is 2.20. The van der Waals surface area contributed by atoms with E-state index in [0.717, 1.165) is 24.0 Å². The molecule has 1 aliphatic carbocycles. The smallest absolute Gasteiger partial charge is 0.123 e. The maximum absolute atomic E-state index is 13.1. The maximum atomic E-state index is 13.1. The van der Waals surface area contributed by atoms with Gasteiger partial charge in [0.2, 0.25) is 0 Å². The van der Waals surface area contributed by atoms with Crippen molar-refractivity contribution in [2.24, 2.45) is 11.8 Å². The highest BCUT2D eigenvalue weighted by atomic mass is 19.1. The number of aryl methyl sites for hydroxylation is 1. The molecule has 0 aliphatic heterocycles. The highest BCUT2D eigenvalue weighted by Gasteiger charge is 2.31. The highest BCUT2D eigenvalue weighted by Crippen LogP contribution is 2.40. The SMILES string of the molecule is CCC1CCCCC1C(O)c1ccc(F)cc1C. The third kappa shape index (κ3) is 2.74. The zero-order valence-electron chi connectivity index (χ0n) is 11.3. The lowest BCUT2D eigenvalue weighted by atomic mass is 9.73. The summed E-state index contributed by atoms with van der Waals surface area (Å²) in [5, 5.41) is 10.6. The van der Waals surface area contributed by atoms with Crippen molar-refractivity contribution in [2.45, 2.75) is 52.1 Å². The molecule has 1 fully saturated rings. The van der Waals surface area contributed by atoms with Gasteiger partial charge in [-0.25, -0.2) is 4.39 Å². The van der Waals surface area contributed by atoms with Gasteiger partial charge in [0, 0.05) is 0 Å². The molecule has 3 atom stereocenters. The fourth-order valence-corrected chi connectivity index (χ4v) is 3.36. The van der Waals surface area contributed by atoms with Gasteiger partial charge in [0.1, 0.15) is 5.82 Å². The van der Waals surface area contributed by atoms with E-state index in [4.69, 9.17) is 0 Å². The predicted octanol–water partition coefficient (Wildman–Crippen LogP) is 4.38. The zero-order chi connectivity index (χ0) is 13.1. The van der Waals surface area contributed by atoms with Crippen LogP contribution in [0.3, 0.4) is 0 Å². The molecule has 1 N–H and O–H groups in total. The van der Waals surface area contributed by atoms with Crippen molar-refractivity contribution in [3.63, 3.8) is 0 Å². The normalized spacial score (nSPS) is 26.0. The topological polar surface area (TPSA) is 20.2 Å². The molecule has 0 aromatic heterocycles. The van der Waals surface area contributed by atoms with Crippen LogP contribution in [-0.2, 0) is 0 Å². The maximum Gasteiger partial charge on any atom is 0.123 e. The first-order valence-corrected chi connectivity index (χ1v) is 7.07. The van der Waals surface area contributed by atoms with Gasteiger partial charge in [-0.1, -0.05) is 38.7 Å². The molecule has 1 aromatic rings. The second kappa shape index (κ2) is 5.83. The lowest BCUT2D eigenvalue weighted by Crippen LogP contribution is -2.25. The molecule has 0 saturated heterocycles. The Kier molecular flexibility index (Phi) is 4.39. The van der Waals surface area contributed by atoms with E-state index in [0.29, 0.717) is 11.8 Å². The number of hydrogen-bond donors (Lipinski definition) is 1. The second-order valence-corrected chi connectivity index (χ2v) is 5.56. The third-order valence-electron chi connectivity index (χ3n) is 4.45. The number of aliphatic hydroxyl groups excluding tert-OH is 1. The van der Waals surface area contributed by atoms with Crippen LogP contribution in [0.4, 0.5) is 4.39 Å². The first-order valence-electron chi connectivity index (χ1n) is 7.07. The molecule has 0 bridgehead atoms. The van der Waals surface area contributed by atoms with Crippen molar-refractivity contribution in [2.75, 3.05) is 0 Å². The average Bonchev–Trinajstić information content (AvgIpc) is 2.38. The monoisotopic (exact) mass is 250 g/mol. The molecule has 0 spiro atoms. The Morgan fingerprint density at radius 1 is 1.33 bits per heavy atom. The van der Waals surface area contributed by atoms with Crippen molar-refractivity contribution in [3.05, 3.63) is 35.1 Å². The van der Waals surface area contributed by atoms with Gasteiger partial charge in [-0.2, -0.15) is 0 Å². The minimum absolute atomic E-state index is 0.223. The van der Waals surface area contributed by atoms with Crippen LogP contribution in [-0.4, -0.2) is 5.11 Å². The van der Waals surface area contributed by atoms with Gasteiger partial charge in [0.25, 0.3) is 0 Å². The van der Waals surface area contributed by atoms with Gasteiger partial charge in [0.15, 0.2) is 0 Å². The Morgan fingerprint density at radius 3 is 2.72 bits per heavy atom. The minimum atomic E-state index is -0.434. The molecule has 1 saturated carbocycles. The lowest BCUT2D eigenvalue weighted by molar-refractivity contribution is 0.0447. The van der Waals surface area contributed by atoms with Crippen LogP contribution < -0.4 is 0 Å². The summed E-state index contributed by atoms with van der Waals surface area (Å²) in [7, 11) is 0. The fourth-order valence-electron chi connectivity index (χ4n) is 3.36. The summed E-state index contributed by atoms with van der Waals surface area (Å²) < 4.78 is 13.1. The van der Waals surface area contributed by atoms with E-state index in [1.807, 2.05) is 6.92 Å². The summed E-state index contributed by atoms with van der Waals surface area (Å²) >= 11 is 0. The van der Waals surface area contributed by atoms with Crippen LogP contribution in [0.1, 0.15) is 56.3 Å². The van der Waals surface area contributed by atoms with Gasteiger partial charge in [-0.15, -0.1) is 0 Å². The van der Waals surface area contributed by atoms with Crippen molar-refractivity contribution >= 4 is 0 Å². The molecule has 1 nitrogen and oxygen atoms in total. The van der Waals surface area contributed by atoms with Crippen molar-refractivity contribution in [1.29, 1.82) is 0 Å². The quantitative estimate of drug-likeness (QED) is 0.843. The fraction of sp³-hybridized carbons (Fsp3) is 0.625. The first-order chi connectivity index (χ1) is 8.63. The number of benzene rings is 1. The summed E-state index contributed by atoms with van der Waals surface area (Å²) in [4.78, 5) is 0. The molecular formula is C16H23FO. The molecule has 2 rings (SSSR count). The van der Waals surface area contributed by atoms with E-state index >= 15 is 0 Å². The Labute approximate surface area is 109 Å². The van der Waals surface area contributed by atoms with E-state index in [1.165, 1.54) is 31.4 Å². The Bertz CT molecular complexity index is 402. The number of aliphatic hydroxyl groups is 1. The standard InChI is InChI=1S/C16H23FO/c1-3-12-6-4-5-7-15(12)16(18)14-9-8-13(17)10-11(14)2/h8-10,12,15-16,18H,3-7H2,1-2H3. The van der Waals surface area contributed by atoms with Crippen molar-refractivity contribution in [1.82, 2.24) is 0 Å². The van der Waals surface area contributed by atoms with E-state index in [1.54, 1.807) is 6.07 Å². The largest absolute Gasteiger partial charge is 0.388 e. The summed E-state index contributed by atoms with van der Waals surface area (Å²) in [6, 6.07) is 4.72. The molecule has 18 heavy (non-hydrogen) atoms. The lowest BCUT2D eigenvalue weighted by Gasteiger charge is -2.35. The number of rotatable bonds is 3. The number of halogens is 1. The molecule has 100 valence electrons. The highest BCUT2D eigenvalue weighted by molar-refractivity contribution is 5.29. The Morgan fingerprint density at radius 2 is 2.06 bits per heavy atom. The van der Waals surface area contributed by atoms with E-state index < -0.39 is 6.10 Å². The molecule has 1 aliphatic rings. The molecular weight excluding hydrogens is 227 g/mol. The van der Waals surface area contributed by atoms with E-state index in [2.05, 4.69) is 6.92 Å². The minimum Gasteiger partial charge on any atom is -0.388 e. The molecule has 3 unspecified atom stereocenters. The van der Waals surface area contributed by atoms with E-state index in [9.17, 15) is 9.50 Å². The van der Waals surface area contributed by atoms with Crippen LogP contribution in [0.2, 0.25) is 0 Å². The molecule has 0 heterocycles. The molecule has 0 amide bonds. The van der Waals surface area contributed by atoms with E-state index in [-0.39, 0.29) is 5.82 Å². The third-order valence-corrected chi connectivity index (χ3v) is 4.45. The summed E-state index contributed by atoms with van der Waals surface area (Å²) in [6.07, 6.45) is 5.50. The van der Waals surface area contributed by atoms with Crippen LogP contribution >= 0.6 is 0 Å². The van der Waals surface area contributed by atoms with Gasteiger partial charge in [-0.05, 0) is 48.4 Å². The molecule has 0 radical (unpaired) electrons. The molecule has 1 aromatic carbocycles. The predicted molar refractivity (Wildman–Crippen MR) is 71.8 cm³/mol. The summed E-state index contributed by atoms with van der Waals surface area (Å²) in [5.74, 6) is 0.727. The van der Waals surface area contributed by atoms with Crippen LogP contribution in [0.5, 0.6) is 0 Å². The van der Waals surface area contributed by atoms with Gasteiger partial charge < -0.3 is 5.11 Å². The van der Waals surface area contributed by atoms with Crippen molar-refractivity contribution < 1.29 is 9.50 Å². The van der Waals surface area contributed by atoms with Crippen LogP contribution in [0.15, 0.2) is 18.2 Å².